The number of nitrogens with one attached hydrogen (secondary N) is 2. The van der Waals surface area contributed by atoms with Gasteiger partial charge in [-0.3, -0.25) is 4.72 Å². The summed E-state index contributed by atoms with van der Waals surface area (Å²) in [5, 5.41) is 4.02. The quantitative estimate of drug-likeness (QED) is 0.883. The van der Waals surface area contributed by atoms with Crippen LogP contribution in [-0.2, 0) is 16.6 Å². The first-order chi connectivity index (χ1) is 9.83. The summed E-state index contributed by atoms with van der Waals surface area (Å²) >= 11 is 5.93. The molecule has 21 heavy (non-hydrogen) atoms. The molecule has 0 heterocycles. The second-order valence-electron chi connectivity index (χ2n) is 4.88. The van der Waals surface area contributed by atoms with E-state index in [2.05, 4.69) is 10.0 Å². The monoisotopic (exact) mass is 324 g/mol. The molecule has 0 aliphatic carbocycles. The van der Waals surface area contributed by atoms with E-state index in [1.807, 2.05) is 37.3 Å². The van der Waals surface area contributed by atoms with Gasteiger partial charge in [0, 0.05) is 22.9 Å². The van der Waals surface area contributed by atoms with E-state index >= 15 is 0 Å². The maximum absolute atomic E-state index is 11.1. The van der Waals surface area contributed by atoms with Crippen LogP contribution in [0.1, 0.15) is 11.1 Å². The van der Waals surface area contributed by atoms with Crippen molar-refractivity contribution >= 4 is 33.0 Å². The van der Waals surface area contributed by atoms with Crippen molar-refractivity contribution in [3.8, 4) is 0 Å². The van der Waals surface area contributed by atoms with Crippen molar-refractivity contribution in [2.45, 2.75) is 13.5 Å². The average Bonchev–Trinajstić information content (AvgIpc) is 2.38. The molecule has 0 atom stereocenters. The van der Waals surface area contributed by atoms with Crippen molar-refractivity contribution in [1.82, 2.24) is 0 Å². The van der Waals surface area contributed by atoms with Crippen molar-refractivity contribution in [1.29, 1.82) is 0 Å². The number of anilines is 2. The summed E-state index contributed by atoms with van der Waals surface area (Å²) in [5.41, 5.74) is 3.76. The summed E-state index contributed by atoms with van der Waals surface area (Å²) in [6.45, 7) is 2.70. The molecule has 4 nitrogen and oxygen atoms in total. The SMILES string of the molecule is Cc1cc(Cl)ccc1CNc1ccc(NS(C)(=O)=O)cc1. The van der Waals surface area contributed by atoms with E-state index in [-0.39, 0.29) is 0 Å². The summed E-state index contributed by atoms with van der Waals surface area (Å²) in [4.78, 5) is 0. The summed E-state index contributed by atoms with van der Waals surface area (Å²) in [6, 6.07) is 12.9. The third-order valence-corrected chi connectivity index (χ3v) is 3.82. The van der Waals surface area contributed by atoms with Gasteiger partial charge < -0.3 is 5.32 Å². The molecule has 0 amide bonds. The number of rotatable bonds is 5. The number of benzene rings is 2. The van der Waals surface area contributed by atoms with Gasteiger partial charge in [-0.1, -0.05) is 17.7 Å². The Kier molecular flexibility index (Phi) is 4.75. The van der Waals surface area contributed by atoms with Gasteiger partial charge in [-0.25, -0.2) is 8.42 Å². The molecule has 0 aliphatic heterocycles. The van der Waals surface area contributed by atoms with Gasteiger partial charge in [0.2, 0.25) is 10.0 Å². The van der Waals surface area contributed by atoms with Crippen molar-refractivity contribution in [2.24, 2.45) is 0 Å². The van der Waals surface area contributed by atoms with Crippen LogP contribution in [0.3, 0.4) is 0 Å². The minimum absolute atomic E-state index is 0.547. The van der Waals surface area contributed by atoms with Crippen molar-refractivity contribution in [3.63, 3.8) is 0 Å². The van der Waals surface area contributed by atoms with Crippen LogP contribution >= 0.6 is 11.6 Å². The molecular weight excluding hydrogens is 308 g/mol. The molecule has 6 heteroatoms. The lowest BCUT2D eigenvalue weighted by Crippen LogP contribution is -2.09. The smallest absolute Gasteiger partial charge is 0.229 e. The van der Waals surface area contributed by atoms with E-state index in [0.717, 1.165) is 28.1 Å². The molecule has 0 aromatic heterocycles. The molecule has 2 aromatic rings. The Morgan fingerprint density at radius 1 is 1.05 bits per heavy atom. The summed E-state index contributed by atoms with van der Waals surface area (Å²) in [7, 11) is -3.24. The molecule has 0 saturated heterocycles. The minimum atomic E-state index is -3.24. The molecule has 0 unspecified atom stereocenters. The predicted octanol–water partition coefficient (Wildman–Crippen LogP) is 3.63. The van der Waals surface area contributed by atoms with E-state index in [9.17, 15) is 8.42 Å². The zero-order chi connectivity index (χ0) is 15.5. The van der Waals surface area contributed by atoms with Gasteiger partial charge in [-0.2, -0.15) is 0 Å². The van der Waals surface area contributed by atoms with Crippen LogP contribution in [0.25, 0.3) is 0 Å². The Balaban J connectivity index is 2.00. The normalized spacial score (nSPS) is 11.2. The maximum atomic E-state index is 11.1. The fourth-order valence-electron chi connectivity index (χ4n) is 1.93. The lowest BCUT2D eigenvalue weighted by Gasteiger charge is -2.10. The first kappa shape index (κ1) is 15.7. The first-order valence-corrected chi connectivity index (χ1v) is 8.67. The third-order valence-electron chi connectivity index (χ3n) is 2.98. The van der Waals surface area contributed by atoms with Crippen LogP contribution in [0.15, 0.2) is 42.5 Å². The van der Waals surface area contributed by atoms with Gasteiger partial charge in [-0.05, 0) is 54.4 Å². The van der Waals surface area contributed by atoms with Crippen LogP contribution in [0, 0.1) is 6.92 Å². The van der Waals surface area contributed by atoms with Crippen LogP contribution in [0.2, 0.25) is 5.02 Å². The molecule has 0 saturated carbocycles. The van der Waals surface area contributed by atoms with E-state index in [1.54, 1.807) is 12.1 Å². The van der Waals surface area contributed by atoms with Crippen molar-refractivity contribution < 1.29 is 8.42 Å². The average molecular weight is 325 g/mol. The molecule has 2 N–H and O–H groups in total. The molecule has 112 valence electrons. The molecule has 0 aliphatic rings. The first-order valence-electron chi connectivity index (χ1n) is 6.40. The van der Waals surface area contributed by atoms with Gasteiger partial charge >= 0.3 is 0 Å². The van der Waals surface area contributed by atoms with Crippen molar-refractivity contribution in [3.05, 3.63) is 58.6 Å². The number of aryl methyl sites for hydroxylation is 1. The number of halogens is 1. The second kappa shape index (κ2) is 6.37. The molecule has 0 radical (unpaired) electrons. The number of sulfonamides is 1. The summed E-state index contributed by atoms with van der Waals surface area (Å²) in [6.07, 6.45) is 1.13. The van der Waals surface area contributed by atoms with Gasteiger partial charge in [0.25, 0.3) is 0 Å². The largest absolute Gasteiger partial charge is 0.381 e. The van der Waals surface area contributed by atoms with Gasteiger partial charge in [-0.15, -0.1) is 0 Å². The summed E-state index contributed by atoms with van der Waals surface area (Å²) < 4.78 is 24.7. The predicted molar refractivity (Wildman–Crippen MR) is 88.4 cm³/mol. The molecule has 0 fully saturated rings. The van der Waals surface area contributed by atoms with E-state index in [4.69, 9.17) is 11.6 Å². The van der Waals surface area contributed by atoms with Crippen LogP contribution in [0.4, 0.5) is 11.4 Å². The fourth-order valence-corrected chi connectivity index (χ4v) is 2.72. The van der Waals surface area contributed by atoms with Crippen molar-refractivity contribution in [2.75, 3.05) is 16.3 Å². The zero-order valence-corrected chi connectivity index (χ0v) is 13.4. The van der Waals surface area contributed by atoms with Gasteiger partial charge in [0.05, 0.1) is 6.26 Å². The molecule has 0 spiro atoms. The molecule has 2 aromatic carbocycles. The Hall–Kier alpha value is -1.72. The highest BCUT2D eigenvalue weighted by Crippen LogP contribution is 2.18. The topological polar surface area (TPSA) is 58.2 Å². The maximum Gasteiger partial charge on any atom is 0.229 e. The van der Waals surface area contributed by atoms with Crippen LogP contribution in [-0.4, -0.2) is 14.7 Å². The van der Waals surface area contributed by atoms with Gasteiger partial charge in [0.1, 0.15) is 0 Å². The highest BCUT2D eigenvalue weighted by Gasteiger charge is 2.02. The van der Waals surface area contributed by atoms with Crippen LogP contribution < -0.4 is 10.0 Å². The molecule has 0 bridgehead atoms. The fraction of sp³-hybridized carbons (Fsp3) is 0.200. The second-order valence-corrected chi connectivity index (χ2v) is 7.06. The zero-order valence-electron chi connectivity index (χ0n) is 11.9. The molecule has 2 rings (SSSR count). The lowest BCUT2D eigenvalue weighted by molar-refractivity contribution is 0.607. The van der Waals surface area contributed by atoms with E-state index < -0.39 is 10.0 Å². The standard InChI is InChI=1S/C15H17ClN2O2S/c1-11-9-13(16)4-3-12(11)10-17-14-5-7-15(8-6-14)18-21(2,19)20/h3-9,17-18H,10H2,1-2H3. The van der Waals surface area contributed by atoms with Gasteiger partial charge in [0.15, 0.2) is 0 Å². The Labute approximate surface area is 130 Å². The third kappa shape index (κ3) is 4.95. The number of hydrogen-bond donors (Lipinski definition) is 2. The molecular formula is C15H17ClN2O2S. The minimum Gasteiger partial charge on any atom is -0.381 e. The number of hydrogen-bond acceptors (Lipinski definition) is 3. The lowest BCUT2D eigenvalue weighted by atomic mass is 10.1. The van der Waals surface area contributed by atoms with Crippen LogP contribution in [0.5, 0.6) is 0 Å². The Bertz CT molecular complexity index is 728. The Morgan fingerprint density at radius 2 is 1.67 bits per heavy atom. The van der Waals surface area contributed by atoms with E-state index in [0.29, 0.717) is 12.2 Å². The highest BCUT2D eigenvalue weighted by atomic mass is 35.5. The Morgan fingerprint density at radius 3 is 2.24 bits per heavy atom. The highest BCUT2D eigenvalue weighted by molar-refractivity contribution is 7.92. The van der Waals surface area contributed by atoms with E-state index in [1.165, 1.54) is 0 Å². The summed E-state index contributed by atoms with van der Waals surface area (Å²) in [5.74, 6) is 0.